The lowest BCUT2D eigenvalue weighted by Crippen LogP contribution is -2.21. The Morgan fingerprint density at radius 2 is 1.58 bits per heavy atom. The van der Waals surface area contributed by atoms with Gasteiger partial charge in [-0.15, -0.1) is 0 Å². The molecule has 0 aliphatic heterocycles. The minimum Gasteiger partial charge on any atom is -0.477 e. The van der Waals surface area contributed by atoms with E-state index in [0.717, 1.165) is 28.5 Å². The Morgan fingerprint density at radius 1 is 0.970 bits per heavy atom. The minimum absolute atomic E-state index is 0.0763. The molecule has 0 unspecified atom stereocenters. The fraction of sp³-hybridized carbons (Fsp3) is 0.0800. The zero-order valence-electron chi connectivity index (χ0n) is 17.2. The predicted octanol–water partition coefficient (Wildman–Crippen LogP) is 5.07. The van der Waals surface area contributed by atoms with Crippen LogP contribution in [0.15, 0.2) is 79.0 Å². The molecule has 3 aromatic carbocycles. The maximum absolute atomic E-state index is 13.3. The molecule has 0 radical (unpaired) electrons. The number of amides is 1. The second kappa shape index (κ2) is 8.23. The molecule has 1 aliphatic carbocycles. The lowest BCUT2D eigenvalue weighted by molar-refractivity contribution is 0.0698. The quantitative estimate of drug-likeness (QED) is 0.449. The fourth-order valence-corrected chi connectivity index (χ4v) is 4.13. The maximum atomic E-state index is 13.3. The van der Waals surface area contributed by atoms with Gasteiger partial charge in [-0.25, -0.2) is 18.7 Å². The predicted molar refractivity (Wildman–Crippen MR) is 119 cm³/mol. The number of carbonyl (C=O) groups excluding carboxylic acids is 1. The molecule has 33 heavy (non-hydrogen) atoms. The number of aromatic carboxylic acids is 1. The highest BCUT2D eigenvalue weighted by Gasteiger charge is 2.29. The van der Waals surface area contributed by atoms with E-state index in [1.165, 1.54) is 28.9 Å². The number of fused-ring (bicyclic) bond motifs is 3. The van der Waals surface area contributed by atoms with Crippen molar-refractivity contribution in [3.63, 3.8) is 0 Å². The summed E-state index contributed by atoms with van der Waals surface area (Å²) in [7, 11) is 0. The molecule has 5 rings (SSSR count). The molecule has 1 aliphatic rings. The van der Waals surface area contributed by atoms with Crippen molar-refractivity contribution in [3.05, 3.63) is 102 Å². The van der Waals surface area contributed by atoms with Crippen molar-refractivity contribution < 1.29 is 23.8 Å². The van der Waals surface area contributed by atoms with Gasteiger partial charge in [-0.2, -0.15) is 5.10 Å². The van der Waals surface area contributed by atoms with Crippen molar-refractivity contribution in [1.82, 2.24) is 9.78 Å². The lowest BCUT2D eigenvalue weighted by Gasteiger charge is -2.15. The molecule has 0 saturated carbocycles. The van der Waals surface area contributed by atoms with Crippen LogP contribution in [0.4, 0.5) is 15.0 Å². The first-order chi connectivity index (χ1) is 16.0. The van der Waals surface area contributed by atoms with E-state index in [9.17, 15) is 19.1 Å². The second-order valence-electron chi connectivity index (χ2n) is 7.55. The first-order valence-electron chi connectivity index (χ1n) is 10.2. The first kappa shape index (κ1) is 20.4. The smallest absolute Gasteiger partial charge is 0.412 e. The molecule has 0 saturated heterocycles. The number of anilines is 1. The number of hydrogen-bond donors (Lipinski definition) is 2. The number of rotatable bonds is 5. The van der Waals surface area contributed by atoms with E-state index in [-0.39, 0.29) is 23.9 Å². The van der Waals surface area contributed by atoms with Crippen molar-refractivity contribution >= 4 is 17.9 Å². The summed E-state index contributed by atoms with van der Waals surface area (Å²) in [6.45, 7) is 0.0763. The van der Waals surface area contributed by atoms with Gasteiger partial charge in [0.25, 0.3) is 0 Å². The summed E-state index contributed by atoms with van der Waals surface area (Å²) in [4.78, 5) is 24.3. The summed E-state index contributed by atoms with van der Waals surface area (Å²) in [6, 6.07) is 21.2. The number of hydrogen-bond acceptors (Lipinski definition) is 4. The van der Waals surface area contributed by atoms with E-state index in [2.05, 4.69) is 10.4 Å². The van der Waals surface area contributed by atoms with Gasteiger partial charge in [0.2, 0.25) is 0 Å². The van der Waals surface area contributed by atoms with E-state index < -0.39 is 17.9 Å². The minimum atomic E-state index is -1.27. The van der Waals surface area contributed by atoms with Crippen LogP contribution < -0.4 is 5.32 Å². The van der Waals surface area contributed by atoms with Crippen LogP contribution in [-0.2, 0) is 4.74 Å². The molecule has 164 valence electrons. The van der Waals surface area contributed by atoms with Crippen molar-refractivity contribution in [2.45, 2.75) is 5.92 Å². The van der Waals surface area contributed by atoms with Gasteiger partial charge in [-0.1, -0.05) is 48.5 Å². The lowest BCUT2D eigenvalue weighted by atomic mass is 9.98. The fourth-order valence-electron chi connectivity index (χ4n) is 4.13. The van der Waals surface area contributed by atoms with Gasteiger partial charge in [0.15, 0.2) is 5.82 Å². The summed E-state index contributed by atoms with van der Waals surface area (Å²) in [5, 5.41) is 16.0. The Balaban J connectivity index is 1.38. The molecule has 8 heteroatoms. The Labute approximate surface area is 188 Å². The number of aromatic nitrogens is 2. The van der Waals surface area contributed by atoms with Crippen molar-refractivity contribution in [2.75, 3.05) is 11.9 Å². The summed E-state index contributed by atoms with van der Waals surface area (Å²) in [5.74, 6) is -1.93. The molecule has 0 fully saturated rings. The number of carboxylic acid groups (broad SMARTS) is 1. The van der Waals surface area contributed by atoms with Gasteiger partial charge in [0, 0.05) is 5.92 Å². The number of carbonyl (C=O) groups is 2. The van der Waals surface area contributed by atoms with Gasteiger partial charge in [0.05, 0.1) is 11.9 Å². The zero-order valence-corrected chi connectivity index (χ0v) is 17.2. The monoisotopic (exact) mass is 443 g/mol. The Bertz CT molecular complexity index is 1320. The van der Waals surface area contributed by atoms with Crippen LogP contribution in [0.2, 0.25) is 0 Å². The Hall–Kier alpha value is -4.46. The largest absolute Gasteiger partial charge is 0.477 e. The van der Waals surface area contributed by atoms with Crippen LogP contribution in [0.25, 0.3) is 16.8 Å². The maximum Gasteiger partial charge on any atom is 0.412 e. The van der Waals surface area contributed by atoms with E-state index in [1.807, 2.05) is 48.5 Å². The van der Waals surface area contributed by atoms with Gasteiger partial charge >= 0.3 is 12.1 Å². The number of benzene rings is 3. The highest BCUT2D eigenvalue weighted by Crippen LogP contribution is 2.44. The average Bonchev–Trinajstić information content (AvgIpc) is 3.38. The number of nitrogens with zero attached hydrogens (tertiary/aromatic N) is 2. The Kier molecular flexibility index (Phi) is 5.10. The van der Waals surface area contributed by atoms with Crippen LogP contribution in [0.5, 0.6) is 0 Å². The molecular weight excluding hydrogens is 425 g/mol. The second-order valence-corrected chi connectivity index (χ2v) is 7.55. The molecule has 1 heterocycles. The van der Waals surface area contributed by atoms with E-state index >= 15 is 0 Å². The number of carboxylic acids is 1. The summed E-state index contributed by atoms with van der Waals surface area (Å²) >= 11 is 0. The summed E-state index contributed by atoms with van der Waals surface area (Å²) < 4.78 is 20.0. The van der Waals surface area contributed by atoms with Gasteiger partial charge in [-0.05, 0) is 46.5 Å². The Morgan fingerprint density at radius 3 is 2.18 bits per heavy atom. The third-order valence-corrected chi connectivity index (χ3v) is 5.63. The van der Waals surface area contributed by atoms with Crippen LogP contribution in [0, 0.1) is 5.82 Å². The molecule has 0 atom stereocenters. The zero-order chi connectivity index (χ0) is 22.9. The van der Waals surface area contributed by atoms with Crippen LogP contribution in [0.1, 0.15) is 27.4 Å². The third-order valence-electron chi connectivity index (χ3n) is 5.63. The molecule has 4 aromatic rings. The average molecular weight is 443 g/mol. The highest BCUT2D eigenvalue weighted by atomic mass is 19.1. The highest BCUT2D eigenvalue weighted by molar-refractivity contribution is 5.98. The van der Waals surface area contributed by atoms with Crippen molar-refractivity contribution in [1.29, 1.82) is 0 Å². The standard InChI is InChI=1S/C25H18FN3O4/c26-15-9-11-16(12-10-15)29-23(21(13-27-29)24(30)31)28-25(32)33-14-22-19-7-3-1-5-17(19)18-6-2-4-8-20(18)22/h1-13,22H,14H2,(H,28,32)(H,30,31). The van der Waals surface area contributed by atoms with Gasteiger partial charge < -0.3 is 9.84 Å². The normalized spacial score (nSPS) is 12.2. The van der Waals surface area contributed by atoms with Crippen LogP contribution in [-0.4, -0.2) is 33.6 Å². The molecule has 1 amide bonds. The van der Waals surface area contributed by atoms with Crippen LogP contribution in [0.3, 0.4) is 0 Å². The topological polar surface area (TPSA) is 93.5 Å². The number of halogens is 1. The third kappa shape index (κ3) is 3.71. The van der Waals surface area contributed by atoms with Gasteiger partial charge in [-0.3, -0.25) is 5.32 Å². The number of nitrogens with one attached hydrogen (secondary N) is 1. The molecule has 0 spiro atoms. The van der Waals surface area contributed by atoms with Gasteiger partial charge in [0.1, 0.15) is 18.0 Å². The van der Waals surface area contributed by atoms with E-state index in [1.54, 1.807) is 0 Å². The molecular formula is C25H18FN3O4. The number of ether oxygens (including phenoxy) is 1. The van der Waals surface area contributed by atoms with E-state index in [4.69, 9.17) is 4.74 Å². The van der Waals surface area contributed by atoms with Crippen molar-refractivity contribution in [3.8, 4) is 16.8 Å². The molecule has 0 bridgehead atoms. The van der Waals surface area contributed by atoms with E-state index in [0.29, 0.717) is 5.69 Å². The van der Waals surface area contributed by atoms with Crippen molar-refractivity contribution in [2.24, 2.45) is 0 Å². The summed E-state index contributed by atoms with van der Waals surface area (Å²) in [6.07, 6.45) is 0.299. The molecule has 2 N–H and O–H groups in total. The van der Waals surface area contributed by atoms with Crippen LogP contribution >= 0.6 is 0 Å². The molecule has 1 aromatic heterocycles. The summed E-state index contributed by atoms with van der Waals surface area (Å²) in [5.41, 5.74) is 4.50. The SMILES string of the molecule is O=C(Nc1c(C(=O)O)cnn1-c1ccc(F)cc1)OCC1c2ccccc2-c2ccccc21. The first-order valence-corrected chi connectivity index (χ1v) is 10.2. The molecule has 7 nitrogen and oxygen atoms in total.